The first-order chi connectivity index (χ1) is 16.9. The van der Waals surface area contributed by atoms with E-state index in [-0.39, 0.29) is 17.5 Å². The number of nitrogens with zero attached hydrogens (tertiary/aromatic N) is 1. The van der Waals surface area contributed by atoms with E-state index in [4.69, 9.17) is 9.15 Å². The van der Waals surface area contributed by atoms with Gasteiger partial charge in [0.15, 0.2) is 12.4 Å². The summed E-state index contributed by atoms with van der Waals surface area (Å²) in [5.41, 5.74) is 3.16. The number of furan rings is 1. The second-order valence-corrected chi connectivity index (χ2v) is 8.55. The van der Waals surface area contributed by atoms with Gasteiger partial charge in [0.2, 0.25) is 5.78 Å². The zero-order chi connectivity index (χ0) is 24.9. The number of carbonyl (C=O) groups excluding carboxylic acids is 3. The number of aryl methyl sites for hydroxylation is 1. The number of carbonyl (C=O) groups is 3. The maximum absolute atomic E-state index is 13.5. The van der Waals surface area contributed by atoms with Crippen LogP contribution in [0.4, 0.5) is 0 Å². The van der Waals surface area contributed by atoms with E-state index in [2.05, 4.69) is 9.88 Å². The lowest BCUT2D eigenvalue weighted by atomic mass is 10.0. The van der Waals surface area contributed by atoms with Crippen LogP contribution < -0.4 is 5.32 Å². The lowest BCUT2D eigenvalue weighted by Crippen LogP contribution is -2.45. The molecule has 1 N–H and O–H groups in total. The van der Waals surface area contributed by atoms with Crippen molar-refractivity contribution >= 4 is 28.6 Å². The Morgan fingerprint density at radius 3 is 2.34 bits per heavy atom. The second kappa shape index (κ2) is 10.4. The highest BCUT2D eigenvalue weighted by molar-refractivity contribution is 6.14. The minimum absolute atomic E-state index is 0.0967. The number of aromatic nitrogens is 1. The molecule has 0 radical (unpaired) electrons. The summed E-state index contributed by atoms with van der Waals surface area (Å²) in [6, 6.07) is 19.6. The Balaban J connectivity index is 1.60. The van der Waals surface area contributed by atoms with Crippen molar-refractivity contribution in [1.29, 1.82) is 0 Å². The summed E-state index contributed by atoms with van der Waals surface area (Å²) >= 11 is 0. The minimum Gasteiger partial charge on any atom is -0.459 e. The molecule has 180 valence electrons. The highest BCUT2D eigenvalue weighted by Crippen LogP contribution is 2.34. The van der Waals surface area contributed by atoms with Crippen LogP contribution >= 0.6 is 0 Å². The van der Waals surface area contributed by atoms with Gasteiger partial charge in [-0.05, 0) is 36.6 Å². The third-order valence-corrected chi connectivity index (χ3v) is 5.91. The van der Waals surface area contributed by atoms with E-state index < -0.39 is 24.5 Å². The van der Waals surface area contributed by atoms with Crippen molar-refractivity contribution in [2.24, 2.45) is 5.92 Å². The zero-order valence-corrected chi connectivity index (χ0v) is 20.0. The molecular formula is C28H28N2O5. The Morgan fingerprint density at radius 1 is 0.971 bits per heavy atom. The fraction of sp³-hybridized carbons (Fsp3) is 0.250. The Labute approximate surface area is 203 Å². The lowest BCUT2D eigenvalue weighted by Gasteiger charge is -2.20. The van der Waals surface area contributed by atoms with Crippen LogP contribution in [0.1, 0.15) is 41.7 Å². The van der Waals surface area contributed by atoms with Gasteiger partial charge >= 0.3 is 5.97 Å². The molecule has 2 heterocycles. The average Bonchev–Trinajstić information content (AvgIpc) is 3.52. The maximum atomic E-state index is 13.5. The Hall–Kier alpha value is -4.13. The molecule has 0 aliphatic heterocycles. The van der Waals surface area contributed by atoms with Crippen LogP contribution in [0.2, 0.25) is 0 Å². The number of esters is 1. The van der Waals surface area contributed by atoms with Gasteiger partial charge in [0.05, 0.1) is 17.5 Å². The molecule has 4 rings (SSSR count). The van der Waals surface area contributed by atoms with Gasteiger partial charge in [-0.3, -0.25) is 9.59 Å². The Morgan fingerprint density at radius 2 is 1.69 bits per heavy atom. The molecule has 0 spiro atoms. The van der Waals surface area contributed by atoms with Crippen LogP contribution in [-0.2, 0) is 16.1 Å². The molecule has 2 aromatic carbocycles. The van der Waals surface area contributed by atoms with E-state index in [1.165, 1.54) is 12.3 Å². The number of amides is 1. The van der Waals surface area contributed by atoms with Crippen LogP contribution in [-0.4, -0.2) is 34.9 Å². The van der Waals surface area contributed by atoms with Gasteiger partial charge in [-0.2, -0.15) is 0 Å². The summed E-state index contributed by atoms with van der Waals surface area (Å²) in [6.45, 7) is 5.85. The number of ketones is 1. The molecule has 0 fully saturated rings. The molecule has 0 saturated carbocycles. The highest BCUT2D eigenvalue weighted by atomic mass is 16.5. The largest absolute Gasteiger partial charge is 0.459 e. The first kappa shape index (κ1) is 24.0. The van der Waals surface area contributed by atoms with Crippen LogP contribution in [0.25, 0.3) is 22.2 Å². The van der Waals surface area contributed by atoms with Crippen molar-refractivity contribution in [2.45, 2.75) is 33.4 Å². The van der Waals surface area contributed by atoms with Crippen molar-refractivity contribution in [3.8, 4) is 11.3 Å². The summed E-state index contributed by atoms with van der Waals surface area (Å²) in [6.07, 6.45) is 1.38. The number of benzene rings is 2. The number of rotatable bonds is 9. The van der Waals surface area contributed by atoms with Crippen LogP contribution in [0.15, 0.2) is 77.4 Å². The van der Waals surface area contributed by atoms with E-state index in [9.17, 15) is 14.4 Å². The maximum Gasteiger partial charge on any atom is 0.329 e. The van der Waals surface area contributed by atoms with E-state index in [1.54, 1.807) is 19.9 Å². The predicted octanol–water partition coefficient (Wildman–Crippen LogP) is 5.10. The van der Waals surface area contributed by atoms with E-state index in [1.807, 2.05) is 61.5 Å². The number of fused-ring (bicyclic) bond motifs is 1. The Bertz CT molecular complexity index is 1340. The second-order valence-electron chi connectivity index (χ2n) is 8.55. The molecule has 7 heteroatoms. The third kappa shape index (κ3) is 4.89. The summed E-state index contributed by atoms with van der Waals surface area (Å²) in [4.78, 5) is 38.8. The molecule has 0 unspecified atom stereocenters. The van der Waals surface area contributed by atoms with Crippen LogP contribution in [0.5, 0.6) is 0 Å². The van der Waals surface area contributed by atoms with Gasteiger partial charge in [0.25, 0.3) is 5.91 Å². The van der Waals surface area contributed by atoms with Crippen LogP contribution in [0.3, 0.4) is 0 Å². The average molecular weight is 473 g/mol. The molecule has 4 aromatic rings. The monoisotopic (exact) mass is 472 g/mol. The molecule has 1 amide bonds. The fourth-order valence-corrected chi connectivity index (χ4v) is 4.23. The standard InChI is InChI=1S/C28H28N2O5/c1-4-30-21-14-9-8-13-20(21)24(26(30)19-11-6-5-7-12-19)22(31)17-35-28(33)25(18(2)3)29-27(32)23-15-10-16-34-23/h5-16,18,25H,4,17H2,1-3H3,(H,29,32)/t25-/m1/s1. The zero-order valence-electron chi connectivity index (χ0n) is 20.0. The van der Waals surface area contributed by atoms with Crippen molar-refractivity contribution < 1.29 is 23.5 Å². The number of nitrogens with one attached hydrogen (secondary N) is 1. The van der Waals surface area contributed by atoms with Crippen molar-refractivity contribution in [1.82, 2.24) is 9.88 Å². The molecule has 2 aromatic heterocycles. The third-order valence-electron chi connectivity index (χ3n) is 5.91. The SMILES string of the molecule is CCn1c(-c2ccccc2)c(C(=O)COC(=O)[C@H](NC(=O)c2ccco2)C(C)C)c2ccccc21. The summed E-state index contributed by atoms with van der Waals surface area (Å²) in [5.74, 6) is -1.65. The lowest BCUT2D eigenvalue weighted by molar-refractivity contribution is -0.145. The number of Topliss-reactive ketones (excluding diaryl/α,β-unsaturated/α-hetero) is 1. The summed E-state index contributed by atoms with van der Waals surface area (Å²) < 4.78 is 12.6. The minimum atomic E-state index is -0.925. The van der Waals surface area contributed by atoms with Gasteiger partial charge in [-0.25, -0.2) is 4.79 Å². The number of ether oxygens (including phenoxy) is 1. The summed E-state index contributed by atoms with van der Waals surface area (Å²) in [5, 5.41) is 3.45. The van der Waals surface area contributed by atoms with Gasteiger partial charge in [-0.1, -0.05) is 62.4 Å². The molecule has 0 aliphatic carbocycles. The van der Waals surface area contributed by atoms with E-state index in [0.29, 0.717) is 12.1 Å². The molecule has 35 heavy (non-hydrogen) atoms. The molecular weight excluding hydrogens is 444 g/mol. The van der Waals surface area contributed by atoms with Crippen molar-refractivity contribution in [2.75, 3.05) is 6.61 Å². The molecule has 0 saturated heterocycles. The van der Waals surface area contributed by atoms with E-state index >= 15 is 0 Å². The molecule has 0 aliphatic rings. The first-order valence-corrected chi connectivity index (χ1v) is 11.6. The number of hydrogen-bond donors (Lipinski definition) is 1. The highest BCUT2D eigenvalue weighted by Gasteiger charge is 2.29. The van der Waals surface area contributed by atoms with Gasteiger partial charge in [0.1, 0.15) is 6.04 Å². The summed E-state index contributed by atoms with van der Waals surface area (Å²) in [7, 11) is 0. The van der Waals surface area contributed by atoms with Crippen LogP contribution in [0, 0.1) is 5.92 Å². The first-order valence-electron chi connectivity index (χ1n) is 11.6. The van der Waals surface area contributed by atoms with Crippen molar-refractivity contribution in [3.63, 3.8) is 0 Å². The van der Waals surface area contributed by atoms with E-state index in [0.717, 1.165) is 22.2 Å². The normalized spacial score (nSPS) is 12.0. The Kier molecular flexibility index (Phi) is 7.15. The number of para-hydroxylation sites is 1. The molecule has 0 bridgehead atoms. The topological polar surface area (TPSA) is 90.5 Å². The molecule has 1 atom stereocenters. The smallest absolute Gasteiger partial charge is 0.329 e. The number of hydrogen-bond acceptors (Lipinski definition) is 5. The van der Waals surface area contributed by atoms with Gasteiger partial charge in [-0.15, -0.1) is 0 Å². The quantitative estimate of drug-likeness (QED) is 0.270. The van der Waals surface area contributed by atoms with Crippen molar-refractivity contribution in [3.05, 3.63) is 84.3 Å². The molecule has 7 nitrogen and oxygen atoms in total. The fourth-order valence-electron chi connectivity index (χ4n) is 4.23. The van der Waals surface area contributed by atoms with Gasteiger partial charge < -0.3 is 19.0 Å². The van der Waals surface area contributed by atoms with Gasteiger partial charge in [0, 0.05) is 17.4 Å². The predicted molar refractivity (Wildman–Crippen MR) is 133 cm³/mol.